The molecule has 29 heavy (non-hydrogen) atoms. The third-order valence-corrected chi connectivity index (χ3v) is 4.85. The Morgan fingerprint density at radius 2 is 1.93 bits per heavy atom. The quantitative estimate of drug-likeness (QED) is 0.495. The number of hydrogen-bond donors (Lipinski definition) is 0. The molecule has 7 nitrogen and oxygen atoms in total. The second kappa shape index (κ2) is 7.52. The van der Waals surface area contributed by atoms with Crippen LogP contribution in [-0.4, -0.2) is 39.2 Å². The standard InChI is InChI=1S/C22H20N4O3/c1-15-4-7-19(27-15)12-26-13-20(14-26)28-18-8-5-16(6-9-18)21-24-22(29-25-21)17-3-2-10-23-11-17/h2-11,20H,12-14H2,1H3. The lowest BCUT2D eigenvalue weighted by Gasteiger charge is -2.38. The Morgan fingerprint density at radius 3 is 2.66 bits per heavy atom. The van der Waals surface area contributed by atoms with E-state index >= 15 is 0 Å². The molecule has 0 amide bonds. The second-order valence-electron chi connectivity index (χ2n) is 7.14. The van der Waals surface area contributed by atoms with Gasteiger partial charge in [-0.2, -0.15) is 4.98 Å². The van der Waals surface area contributed by atoms with Crippen molar-refractivity contribution in [3.63, 3.8) is 0 Å². The van der Waals surface area contributed by atoms with E-state index in [-0.39, 0.29) is 6.10 Å². The van der Waals surface area contributed by atoms with Crippen molar-refractivity contribution in [2.24, 2.45) is 0 Å². The monoisotopic (exact) mass is 388 g/mol. The summed E-state index contributed by atoms with van der Waals surface area (Å²) < 4.78 is 17.0. The third kappa shape index (κ3) is 3.90. The first-order valence-corrected chi connectivity index (χ1v) is 9.52. The molecule has 0 atom stereocenters. The van der Waals surface area contributed by atoms with Crippen LogP contribution in [0.4, 0.5) is 0 Å². The average Bonchev–Trinajstić information content (AvgIpc) is 3.37. The van der Waals surface area contributed by atoms with Gasteiger partial charge in [0.25, 0.3) is 5.89 Å². The molecule has 4 heterocycles. The van der Waals surface area contributed by atoms with E-state index in [4.69, 9.17) is 13.7 Å². The topological polar surface area (TPSA) is 77.4 Å². The zero-order valence-electron chi connectivity index (χ0n) is 16.0. The molecule has 0 bridgehead atoms. The summed E-state index contributed by atoms with van der Waals surface area (Å²) in [6.07, 6.45) is 3.60. The molecule has 146 valence electrons. The predicted octanol–water partition coefficient (Wildman–Crippen LogP) is 3.96. The number of furan rings is 1. The molecule has 0 saturated carbocycles. The van der Waals surface area contributed by atoms with E-state index < -0.39 is 0 Å². The summed E-state index contributed by atoms with van der Waals surface area (Å²) in [4.78, 5) is 10.8. The summed E-state index contributed by atoms with van der Waals surface area (Å²) in [6.45, 7) is 4.56. The van der Waals surface area contributed by atoms with Gasteiger partial charge in [0.15, 0.2) is 0 Å². The summed E-state index contributed by atoms with van der Waals surface area (Å²) in [5.41, 5.74) is 1.67. The molecule has 0 radical (unpaired) electrons. The Morgan fingerprint density at radius 1 is 1.07 bits per heavy atom. The normalized spacial score (nSPS) is 14.7. The first kappa shape index (κ1) is 17.6. The zero-order chi connectivity index (χ0) is 19.6. The highest BCUT2D eigenvalue weighted by molar-refractivity contribution is 5.59. The minimum absolute atomic E-state index is 0.194. The largest absolute Gasteiger partial charge is 0.488 e. The van der Waals surface area contributed by atoms with Crippen molar-refractivity contribution < 1.29 is 13.7 Å². The van der Waals surface area contributed by atoms with Crippen LogP contribution in [0.1, 0.15) is 11.5 Å². The summed E-state index contributed by atoms with van der Waals surface area (Å²) in [6, 6.07) is 15.5. The maximum absolute atomic E-state index is 6.04. The molecule has 0 unspecified atom stereocenters. The van der Waals surface area contributed by atoms with Crippen molar-refractivity contribution in [1.82, 2.24) is 20.0 Å². The van der Waals surface area contributed by atoms with E-state index in [0.29, 0.717) is 11.7 Å². The Bertz CT molecular complexity index is 1080. The number of hydrogen-bond acceptors (Lipinski definition) is 7. The van der Waals surface area contributed by atoms with Crippen molar-refractivity contribution in [1.29, 1.82) is 0 Å². The van der Waals surface area contributed by atoms with E-state index in [1.54, 1.807) is 12.4 Å². The predicted molar refractivity (Wildman–Crippen MR) is 106 cm³/mol. The average molecular weight is 388 g/mol. The van der Waals surface area contributed by atoms with Crippen molar-refractivity contribution in [2.45, 2.75) is 19.6 Å². The molecule has 4 aromatic rings. The van der Waals surface area contributed by atoms with Crippen LogP contribution < -0.4 is 4.74 Å². The number of likely N-dealkylation sites (tertiary alicyclic amines) is 1. The van der Waals surface area contributed by atoms with Crippen LogP contribution in [0.25, 0.3) is 22.8 Å². The fourth-order valence-electron chi connectivity index (χ4n) is 3.34. The molecule has 1 aliphatic rings. The van der Waals surface area contributed by atoms with E-state index in [9.17, 15) is 0 Å². The summed E-state index contributed by atoms with van der Waals surface area (Å²) in [7, 11) is 0. The first-order valence-electron chi connectivity index (χ1n) is 9.52. The van der Waals surface area contributed by atoms with Crippen molar-refractivity contribution >= 4 is 0 Å². The molecule has 3 aromatic heterocycles. The molecule has 1 fully saturated rings. The molecule has 1 aliphatic heterocycles. The van der Waals surface area contributed by atoms with Gasteiger partial charge in [0.05, 0.1) is 12.1 Å². The number of benzene rings is 1. The van der Waals surface area contributed by atoms with E-state index in [2.05, 4.69) is 20.0 Å². The fraction of sp³-hybridized carbons (Fsp3) is 0.227. The molecule has 1 aromatic carbocycles. The van der Waals surface area contributed by atoms with Crippen molar-refractivity contribution in [2.75, 3.05) is 13.1 Å². The van der Waals surface area contributed by atoms with Gasteiger partial charge >= 0.3 is 0 Å². The zero-order valence-corrected chi connectivity index (χ0v) is 16.0. The molecular weight excluding hydrogens is 368 g/mol. The number of nitrogens with zero attached hydrogens (tertiary/aromatic N) is 4. The molecule has 0 spiro atoms. The summed E-state index contributed by atoms with van der Waals surface area (Å²) in [5.74, 6) is 3.77. The lowest BCUT2D eigenvalue weighted by atomic mass is 10.1. The minimum Gasteiger partial charge on any atom is -0.488 e. The van der Waals surface area contributed by atoms with Crippen molar-refractivity contribution in [3.8, 4) is 28.6 Å². The lowest BCUT2D eigenvalue weighted by molar-refractivity contribution is 0.0106. The minimum atomic E-state index is 0.194. The van der Waals surface area contributed by atoms with Gasteiger partial charge in [0.2, 0.25) is 5.82 Å². The maximum atomic E-state index is 6.04. The third-order valence-electron chi connectivity index (χ3n) is 4.85. The van der Waals surface area contributed by atoms with E-state index in [0.717, 1.165) is 48.0 Å². The molecule has 5 rings (SSSR count). The summed E-state index contributed by atoms with van der Waals surface area (Å²) in [5, 5.41) is 4.06. The highest BCUT2D eigenvalue weighted by Gasteiger charge is 2.29. The summed E-state index contributed by atoms with van der Waals surface area (Å²) >= 11 is 0. The molecule has 7 heteroatoms. The van der Waals surface area contributed by atoms with Crippen molar-refractivity contribution in [3.05, 3.63) is 72.4 Å². The van der Waals surface area contributed by atoms with Crippen LogP contribution in [0.3, 0.4) is 0 Å². The Balaban J connectivity index is 1.17. The van der Waals surface area contributed by atoms with Crippen LogP contribution >= 0.6 is 0 Å². The van der Waals surface area contributed by atoms with Gasteiger partial charge in [-0.25, -0.2) is 0 Å². The lowest BCUT2D eigenvalue weighted by Crippen LogP contribution is -2.52. The van der Waals surface area contributed by atoms with Crippen LogP contribution in [0.5, 0.6) is 5.75 Å². The van der Waals surface area contributed by atoms with E-state index in [1.165, 1.54) is 0 Å². The van der Waals surface area contributed by atoms with E-state index in [1.807, 2.05) is 55.5 Å². The van der Waals surface area contributed by atoms with Gasteiger partial charge in [-0.1, -0.05) is 5.16 Å². The van der Waals surface area contributed by atoms with Crippen LogP contribution in [0.2, 0.25) is 0 Å². The SMILES string of the molecule is Cc1ccc(CN2CC(Oc3ccc(-c4noc(-c5cccnc5)n4)cc3)C2)o1. The number of ether oxygens (including phenoxy) is 1. The number of pyridine rings is 1. The Labute approximate surface area is 167 Å². The molecule has 0 N–H and O–H groups in total. The second-order valence-corrected chi connectivity index (χ2v) is 7.14. The highest BCUT2D eigenvalue weighted by Crippen LogP contribution is 2.25. The molecule has 0 aliphatic carbocycles. The van der Waals surface area contributed by atoms with Gasteiger partial charge in [-0.05, 0) is 55.5 Å². The highest BCUT2D eigenvalue weighted by atomic mass is 16.5. The Kier molecular flexibility index (Phi) is 4.57. The first-order chi connectivity index (χ1) is 14.2. The fourth-order valence-corrected chi connectivity index (χ4v) is 3.34. The van der Waals surface area contributed by atoms with Gasteiger partial charge in [0.1, 0.15) is 23.4 Å². The van der Waals surface area contributed by atoms with Gasteiger partial charge < -0.3 is 13.7 Å². The van der Waals surface area contributed by atoms with Gasteiger partial charge in [0, 0.05) is 31.0 Å². The van der Waals surface area contributed by atoms with Crippen LogP contribution in [0, 0.1) is 6.92 Å². The van der Waals surface area contributed by atoms with Crippen LogP contribution in [0.15, 0.2) is 69.9 Å². The van der Waals surface area contributed by atoms with Gasteiger partial charge in [-0.15, -0.1) is 0 Å². The molecular formula is C22H20N4O3. The number of rotatable bonds is 6. The molecule has 1 saturated heterocycles. The number of aromatic nitrogens is 3. The Hall–Kier alpha value is -3.45. The maximum Gasteiger partial charge on any atom is 0.259 e. The number of aryl methyl sites for hydroxylation is 1. The van der Waals surface area contributed by atoms with Gasteiger partial charge in [-0.3, -0.25) is 9.88 Å². The van der Waals surface area contributed by atoms with Crippen LogP contribution in [-0.2, 0) is 6.54 Å². The smallest absolute Gasteiger partial charge is 0.259 e.